The highest BCUT2D eigenvalue weighted by atomic mass is 35.5. The van der Waals surface area contributed by atoms with Crippen LogP contribution in [0, 0.1) is 0 Å². The van der Waals surface area contributed by atoms with E-state index in [1.54, 1.807) is 6.07 Å². The monoisotopic (exact) mass is 397 g/mol. The highest BCUT2D eigenvalue weighted by Crippen LogP contribution is 2.34. The van der Waals surface area contributed by atoms with E-state index < -0.39 is 29.7 Å². The van der Waals surface area contributed by atoms with Gasteiger partial charge in [0.25, 0.3) is 5.91 Å². The minimum Gasteiger partial charge on any atom is -0.448 e. The molecule has 142 valence electrons. The molecular formula is C19H15ClF3NO3. The highest BCUT2D eigenvalue weighted by Gasteiger charge is 2.33. The number of carbonyl (C=O) groups is 2. The third kappa shape index (κ3) is 4.08. The van der Waals surface area contributed by atoms with Crippen molar-refractivity contribution >= 4 is 29.2 Å². The number of hydrogen-bond donors (Lipinski definition) is 1. The molecule has 0 saturated heterocycles. The van der Waals surface area contributed by atoms with Crippen molar-refractivity contribution in [2.45, 2.75) is 32.0 Å². The SMILES string of the molecule is CCc1ccc2c(c1)CC(C(=O)Nc1cc(C(F)(F)F)ccc1Cl)OC2=O. The van der Waals surface area contributed by atoms with E-state index in [0.29, 0.717) is 11.1 Å². The number of anilines is 1. The van der Waals surface area contributed by atoms with Gasteiger partial charge in [-0.05, 0) is 41.8 Å². The van der Waals surface area contributed by atoms with Gasteiger partial charge in [0.05, 0.1) is 21.8 Å². The van der Waals surface area contributed by atoms with Crippen LogP contribution in [-0.4, -0.2) is 18.0 Å². The van der Waals surface area contributed by atoms with Gasteiger partial charge in [-0.3, -0.25) is 4.79 Å². The molecule has 0 fully saturated rings. The Bertz CT molecular complexity index is 912. The Morgan fingerprint density at radius 3 is 2.67 bits per heavy atom. The van der Waals surface area contributed by atoms with Gasteiger partial charge in [0, 0.05) is 6.42 Å². The average Bonchev–Trinajstić information content (AvgIpc) is 2.61. The molecule has 0 aromatic heterocycles. The zero-order valence-electron chi connectivity index (χ0n) is 14.2. The lowest BCUT2D eigenvalue weighted by molar-refractivity contribution is -0.137. The number of benzene rings is 2. The van der Waals surface area contributed by atoms with Gasteiger partial charge in [0.1, 0.15) is 0 Å². The number of esters is 1. The first kappa shape index (κ1) is 19.2. The number of carbonyl (C=O) groups excluding carboxylic acids is 2. The van der Waals surface area contributed by atoms with Gasteiger partial charge in [-0.1, -0.05) is 30.7 Å². The zero-order chi connectivity index (χ0) is 19.8. The van der Waals surface area contributed by atoms with Crippen molar-refractivity contribution < 1.29 is 27.5 Å². The van der Waals surface area contributed by atoms with Crippen molar-refractivity contribution in [3.63, 3.8) is 0 Å². The summed E-state index contributed by atoms with van der Waals surface area (Å²) < 4.78 is 43.7. The molecule has 1 heterocycles. The molecule has 27 heavy (non-hydrogen) atoms. The lowest BCUT2D eigenvalue weighted by Crippen LogP contribution is -2.38. The molecule has 3 rings (SSSR count). The number of nitrogens with one attached hydrogen (secondary N) is 1. The summed E-state index contributed by atoms with van der Waals surface area (Å²) in [4.78, 5) is 24.6. The molecular weight excluding hydrogens is 383 g/mol. The first-order chi connectivity index (χ1) is 12.7. The van der Waals surface area contributed by atoms with Crippen LogP contribution in [0.4, 0.5) is 18.9 Å². The van der Waals surface area contributed by atoms with Gasteiger partial charge < -0.3 is 10.1 Å². The van der Waals surface area contributed by atoms with Gasteiger partial charge in [0.15, 0.2) is 6.10 Å². The Balaban J connectivity index is 1.82. The minimum atomic E-state index is -4.57. The molecule has 8 heteroatoms. The number of aryl methyl sites for hydroxylation is 1. The van der Waals surface area contributed by atoms with Gasteiger partial charge in [-0.25, -0.2) is 4.79 Å². The fourth-order valence-corrected chi connectivity index (χ4v) is 2.99. The summed E-state index contributed by atoms with van der Waals surface area (Å²) in [6.07, 6.45) is -4.82. The van der Waals surface area contributed by atoms with Crippen molar-refractivity contribution in [1.29, 1.82) is 0 Å². The smallest absolute Gasteiger partial charge is 0.416 e. The molecule has 2 aromatic carbocycles. The normalized spacial score (nSPS) is 16.5. The van der Waals surface area contributed by atoms with E-state index >= 15 is 0 Å². The maximum atomic E-state index is 12.9. The third-order valence-electron chi connectivity index (χ3n) is 4.30. The number of hydrogen-bond acceptors (Lipinski definition) is 3. The molecule has 4 nitrogen and oxygen atoms in total. The summed E-state index contributed by atoms with van der Waals surface area (Å²) in [5.74, 6) is -1.38. The van der Waals surface area contributed by atoms with Gasteiger partial charge in [-0.2, -0.15) is 13.2 Å². The molecule has 0 bridgehead atoms. The van der Waals surface area contributed by atoms with E-state index in [1.807, 2.05) is 19.1 Å². The summed E-state index contributed by atoms with van der Waals surface area (Å²) >= 11 is 5.89. The predicted molar refractivity (Wildman–Crippen MR) is 93.8 cm³/mol. The molecule has 1 atom stereocenters. The second-order valence-corrected chi connectivity index (χ2v) is 6.53. The summed E-state index contributed by atoms with van der Waals surface area (Å²) in [6.45, 7) is 1.96. The first-order valence-corrected chi connectivity index (χ1v) is 8.57. The number of amides is 1. The molecule has 0 radical (unpaired) electrons. The molecule has 1 amide bonds. The van der Waals surface area contributed by atoms with Crippen LogP contribution < -0.4 is 5.32 Å². The number of cyclic esters (lactones) is 1. The van der Waals surface area contributed by atoms with Crippen molar-refractivity contribution in [2.75, 3.05) is 5.32 Å². The highest BCUT2D eigenvalue weighted by molar-refractivity contribution is 6.33. The van der Waals surface area contributed by atoms with Crippen LogP contribution in [0.2, 0.25) is 5.02 Å². The third-order valence-corrected chi connectivity index (χ3v) is 4.63. The van der Waals surface area contributed by atoms with Crippen molar-refractivity contribution in [2.24, 2.45) is 0 Å². The van der Waals surface area contributed by atoms with Gasteiger partial charge in [0.2, 0.25) is 0 Å². The zero-order valence-corrected chi connectivity index (χ0v) is 14.9. The van der Waals surface area contributed by atoms with Crippen LogP contribution in [0.1, 0.15) is 34.0 Å². The lowest BCUT2D eigenvalue weighted by Gasteiger charge is -2.24. The number of fused-ring (bicyclic) bond motifs is 1. The van der Waals surface area contributed by atoms with Crippen LogP contribution in [0.25, 0.3) is 0 Å². The maximum absolute atomic E-state index is 12.9. The van der Waals surface area contributed by atoms with E-state index in [0.717, 1.165) is 30.2 Å². The minimum absolute atomic E-state index is 0.0489. The largest absolute Gasteiger partial charge is 0.448 e. The number of alkyl halides is 3. The second kappa shape index (κ2) is 7.23. The average molecular weight is 398 g/mol. The molecule has 1 unspecified atom stereocenters. The Labute approximate surface area is 158 Å². The van der Waals surface area contributed by atoms with Crippen LogP contribution in [0.3, 0.4) is 0 Å². The molecule has 1 aliphatic rings. The fraction of sp³-hybridized carbons (Fsp3) is 0.263. The van der Waals surface area contributed by atoms with E-state index in [2.05, 4.69) is 5.32 Å². The fourth-order valence-electron chi connectivity index (χ4n) is 2.83. The lowest BCUT2D eigenvalue weighted by atomic mass is 9.95. The molecule has 0 saturated carbocycles. The number of rotatable bonds is 3. The molecule has 0 aliphatic carbocycles. The van der Waals surface area contributed by atoms with Crippen molar-refractivity contribution in [3.8, 4) is 0 Å². The Morgan fingerprint density at radius 2 is 2.00 bits per heavy atom. The predicted octanol–water partition coefficient (Wildman–Crippen LogP) is 4.64. The van der Waals surface area contributed by atoms with Crippen LogP contribution in [0.15, 0.2) is 36.4 Å². The maximum Gasteiger partial charge on any atom is 0.416 e. The summed E-state index contributed by atoms with van der Waals surface area (Å²) in [5.41, 5.74) is 0.916. The summed E-state index contributed by atoms with van der Waals surface area (Å²) in [6, 6.07) is 7.90. The summed E-state index contributed by atoms with van der Waals surface area (Å²) in [7, 11) is 0. The first-order valence-electron chi connectivity index (χ1n) is 8.19. The van der Waals surface area contributed by atoms with Crippen molar-refractivity contribution in [3.05, 3.63) is 63.7 Å². The molecule has 1 N–H and O–H groups in total. The quantitative estimate of drug-likeness (QED) is 0.767. The topological polar surface area (TPSA) is 55.4 Å². The Hall–Kier alpha value is -2.54. The Kier molecular flexibility index (Phi) is 5.15. The standard InChI is InChI=1S/C19H15ClF3NO3/c1-2-10-3-5-13-11(7-10)8-16(27-18(13)26)17(25)24-15-9-12(19(21,22)23)4-6-14(15)20/h3-7,9,16H,2,8H2,1H3,(H,24,25). The van der Waals surface area contributed by atoms with Crippen molar-refractivity contribution in [1.82, 2.24) is 0 Å². The van der Waals surface area contributed by atoms with E-state index in [4.69, 9.17) is 16.3 Å². The van der Waals surface area contributed by atoms with Crippen LogP contribution in [-0.2, 0) is 28.5 Å². The molecule has 0 spiro atoms. The van der Waals surface area contributed by atoms with Crippen LogP contribution >= 0.6 is 11.6 Å². The number of ether oxygens (including phenoxy) is 1. The molecule has 2 aromatic rings. The van der Waals surface area contributed by atoms with E-state index in [9.17, 15) is 22.8 Å². The van der Waals surface area contributed by atoms with Gasteiger partial charge in [-0.15, -0.1) is 0 Å². The van der Waals surface area contributed by atoms with E-state index in [-0.39, 0.29) is 17.1 Å². The molecule has 1 aliphatic heterocycles. The second-order valence-electron chi connectivity index (χ2n) is 6.12. The Morgan fingerprint density at radius 1 is 1.26 bits per heavy atom. The number of halogens is 4. The van der Waals surface area contributed by atoms with Gasteiger partial charge >= 0.3 is 12.1 Å². The van der Waals surface area contributed by atoms with E-state index in [1.165, 1.54) is 0 Å². The van der Waals surface area contributed by atoms with Crippen LogP contribution in [0.5, 0.6) is 0 Å². The summed E-state index contributed by atoms with van der Waals surface area (Å²) in [5, 5.41) is 2.28.